The summed E-state index contributed by atoms with van der Waals surface area (Å²) in [6.07, 6.45) is 0.0810. The Bertz CT molecular complexity index is 1420. The molecule has 10 heteroatoms. The Balaban J connectivity index is 1.79. The van der Waals surface area contributed by atoms with Crippen molar-refractivity contribution < 1.29 is 33.0 Å². The van der Waals surface area contributed by atoms with Crippen LogP contribution in [-0.2, 0) is 14.9 Å². The molecular weight excluding hydrogens is 505 g/mol. The highest BCUT2D eigenvalue weighted by atomic mass is 19.1. The summed E-state index contributed by atoms with van der Waals surface area (Å²) in [5, 5.41) is 0.812. The number of hydrogen-bond donors (Lipinski definition) is 1. The number of benzene rings is 2. The lowest BCUT2D eigenvalue weighted by molar-refractivity contribution is 0.0788. The van der Waals surface area contributed by atoms with Crippen molar-refractivity contribution in [3.05, 3.63) is 71.3 Å². The van der Waals surface area contributed by atoms with Crippen molar-refractivity contribution in [2.24, 2.45) is 0 Å². The molecule has 1 N–H and O–H groups in total. The first-order valence-electron chi connectivity index (χ1n) is 12.8. The van der Waals surface area contributed by atoms with Gasteiger partial charge >= 0.3 is 12.2 Å². The number of rotatable bonds is 6. The summed E-state index contributed by atoms with van der Waals surface area (Å²) in [5.41, 5.74) is 1.62. The monoisotopic (exact) mass is 537 g/mol. The number of H-pyrrole nitrogens is 1. The number of aromatic nitrogens is 1. The molecule has 1 aliphatic rings. The highest BCUT2D eigenvalue weighted by Crippen LogP contribution is 2.41. The van der Waals surface area contributed by atoms with Crippen LogP contribution in [-0.4, -0.2) is 59.2 Å². The SMILES string of the molecule is CCOC(=O)OC1=CN(C(=O)c2ccc(F)cc2)CC(C)(C)c2c1[nH]c1cc(OC(=O)N(CC)CC)ccc21. The smallest absolute Gasteiger partial charge is 0.434 e. The zero-order valence-electron chi connectivity index (χ0n) is 22.7. The van der Waals surface area contributed by atoms with E-state index in [4.69, 9.17) is 14.2 Å². The molecule has 0 aliphatic carbocycles. The van der Waals surface area contributed by atoms with Crippen LogP contribution in [0.25, 0.3) is 16.7 Å². The van der Waals surface area contributed by atoms with Gasteiger partial charge in [0, 0.05) is 47.6 Å². The predicted octanol–water partition coefficient (Wildman–Crippen LogP) is 6.05. The quantitative estimate of drug-likeness (QED) is 0.384. The summed E-state index contributed by atoms with van der Waals surface area (Å²) in [4.78, 5) is 44.6. The molecule has 0 spiro atoms. The van der Waals surface area contributed by atoms with Gasteiger partial charge in [-0.25, -0.2) is 14.0 Å². The molecule has 4 rings (SSSR count). The molecule has 206 valence electrons. The highest BCUT2D eigenvalue weighted by Gasteiger charge is 2.37. The number of amides is 2. The maximum Gasteiger partial charge on any atom is 0.513 e. The second-order valence-corrected chi connectivity index (χ2v) is 9.72. The van der Waals surface area contributed by atoms with E-state index < -0.39 is 23.5 Å². The third kappa shape index (κ3) is 5.74. The Morgan fingerprint density at radius 1 is 1.03 bits per heavy atom. The van der Waals surface area contributed by atoms with Crippen LogP contribution in [0, 0.1) is 5.82 Å². The molecule has 2 aromatic carbocycles. The van der Waals surface area contributed by atoms with Gasteiger partial charge in [0.1, 0.15) is 11.6 Å². The van der Waals surface area contributed by atoms with Crippen LogP contribution in [0.15, 0.2) is 48.7 Å². The van der Waals surface area contributed by atoms with E-state index in [1.165, 1.54) is 35.4 Å². The fourth-order valence-electron chi connectivity index (χ4n) is 4.73. The Hall–Kier alpha value is -4.34. The van der Waals surface area contributed by atoms with Gasteiger partial charge in [-0.2, -0.15) is 0 Å². The second-order valence-electron chi connectivity index (χ2n) is 9.72. The minimum absolute atomic E-state index is 0.0855. The van der Waals surface area contributed by atoms with E-state index in [1.54, 1.807) is 24.0 Å². The van der Waals surface area contributed by atoms with Gasteiger partial charge in [0.25, 0.3) is 5.91 Å². The van der Waals surface area contributed by atoms with Crippen molar-refractivity contribution in [1.29, 1.82) is 0 Å². The van der Waals surface area contributed by atoms with Crippen molar-refractivity contribution in [2.75, 3.05) is 26.2 Å². The topological polar surface area (TPSA) is 101 Å². The van der Waals surface area contributed by atoms with Crippen molar-refractivity contribution in [1.82, 2.24) is 14.8 Å². The maximum absolute atomic E-state index is 13.5. The summed E-state index contributed by atoms with van der Waals surface area (Å²) < 4.78 is 29.6. The molecular formula is C29H32FN3O6. The van der Waals surface area contributed by atoms with E-state index in [0.29, 0.717) is 30.0 Å². The van der Waals surface area contributed by atoms with E-state index in [0.717, 1.165) is 10.9 Å². The van der Waals surface area contributed by atoms with Crippen LogP contribution in [0.3, 0.4) is 0 Å². The van der Waals surface area contributed by atoms with Crippen LogP contribution in [0.5, 0.6) is 5.75 Å². The zero-order valence-corrected chi connectivity index (χ0v) is 22.7. The number of nitrogens with zero attached hydrogens (tertiary/aromatic N) is 2. The molecule has 2 amide bonds. The number of hydrogen-bond acceptors (Lipinski definition) is 6. The van der Waals surface area contributed by atoms with Gasteiger partial charge in [-0.1, -0.05) is 13.8 Å². The minimum Gasteiger partial charge on any atom is -0.434 e. The third-order valence-electron chi connectivity index (χ3n) is 6.57. The number of carbonyl (C=O) groups excluding carboxylic acids is 3. The lowest BCUT2D eigenvalue weighted by atomic mass is 9.82. The van der Waals surface area contributed by atoms with Gasteiger partial charge in [-0.15, -0.1) is 0 Å². The normalized spacial score (nSPS) is 14.2. The first-order valence-corrected chi connectivity index (χ1v) is 12.8. The van der Waals surface area contributed by atoms with Crippen molar-refractivity contribution in [2.45, 2.75) is 40.0 Å². The summed E-state index contributed by atoms with van der Waals surface area (Å²) in [6.45, 7) is 10.7. The van der Waals surface area contributed by atoms with Gasteiger partial charge < -0.3 is 29.0 Å². The lowest BCUT2D eigenvalue weighted by Gasteiger charge is -2.29. The zero-order chi connectivity index (χ0) is 28.3. The number of halogens is 1. The average Bonchev–Trinajstić information content (AvgIpc) is 3.24. The van der Waals surface area contributed by atoms with Crippen molar-refractivity contribution in [3.8, 4) is 5.75 Å². The number of ether oxygens (including phenoxy) is 3. The number of nitrogens with one attached hydrogen (secondary N) is 1. The van der Waals surface area contributed by atoms with E-state index in [9.17, 15) is 18.8 Å². The average molecular weight is 538 g/mol. The maximum atomic E-state index is 13.5. The van der Waals surface area contributed by atoms with Gasteiger partial charge in [0.05, 0.1) is 18.5 Å². The summed E-state index contributed by atoms with van der Waals surface area (Å²) >= 11 is 0. The first-order chi connectivity index (χ1) is 18.6. The van der Waals surface area contributed by atoms with Crippen LogP contribution < -0.4 is 4.74 Å². The number of fused-ring (bicyclic) bond motifs is 3. The van der Waals surface area contributed by atoms with Crippen molar-refractivity contribution in [3.63, 3.8) is 0 Å². The third-order valence-corrected chi connectivity index (χ3v) is 6.57. The van der Waals surface area contributed by atoms with Gasteiger partial charge in [-0.3, -0.25) is 4.79 Å². The van der Waals surface area contributed by atoms with Crippen LogP contribution in [0.2, 0.25) is 0 Å². The molecule has 0 saturated heterocycles. The molecule has 9 nitrogen and oxygen atoms in total. The molecule has 3 aromatic rings. The summed E-state index contributed by atoms with van der Waals surface area (Å²) in [5.74, 6) is -0.387. The van der Waals surface area contributed by atoms with E-state index in [2.05, 4.69) is 4.98 Å². The van der Waals surface area contributed by atoms with Crippen LogP contribution in [0.1, 0.15) is 56.2 Å². The van der Waals surface area contributed by atoms with E-state index >= 15 is 0 Å². The van der Waals surface area contributed by atoms with E-state index in [-0.39, 0.29) is 30.4 Å². The number of aromatic amines is 1. The first kappa shape index (κ1) is 27.7. The van der Waals surface area contributed by atoms with Crippen molar-refractivity contribution >= 4 is 34.8 Å². The fraction of sp³-hybridized carbons (Fsp3) is 0.345. The van der Waals surface area contributed by atoms with Gasteiger partial charge in [0.2, 0.25) is 0 Å². The molecule has 1 aliphatic heterocycles. The Morgan fingerprint density at radius 2 is 1.72 bits per heavy atom. The van der Waals surface area contributed by atoms with Gasteiger partial charge in [0.15, 0.2) is 5.76 Å². The van der Waals surface area contributed by atoms with Crippen LogP contribution in [0.4, 0.5) is 14.0 Å². The molecule has 0 unspecified atom stereocenters. The molecule has 0 atom stereocenters. The minimum atomic E-state index is -0.920. The predicted molar refractivity (Wildman–Crippen MR) is 144 cm³/mol. The van der Waals surface area contributed by atoms with Gasteiger partial charge in [-0.05, 0) is 62.7 Å². The summed E-state index contributed by atoms with van der Waals surface area (Å²) in [6, 6.07) is 10.5. The largest absolute Gasteiger partial charge is 0.513 e. The molecule has 0 fully saturated rings. The number of carbonyl (C=O) groups is 3. The molecule has 0 saturated carbocycles. The molecule has 1 aromatic heterocycles. The lowest BCUT2D eigenvalue weighted by Crippen LogP contribution is -2.36. The Labute approximate surface area is 226 Å². The van der Waals surface area contributed by atoms with Crippen LogP contribution >= 0.6 is 0 Å². The Kier molecular flexibility index (Phi) is 7.94. The standard InChI is InChI=1S/C29H32FN3O6/c1-6-32(7-2)27(35)38-20-13-14-21-22(15-20)31-25-23(39-28(36)37-8-3)16-33(17-29(4,5)24(21)25)26(34)18-9-11-19(30)12-10-18/h9-16,31H,6-8,17H2,1-5H3. The molecule has 39 heavy (non-hydrogen) atoms. The Morgan fingerprint density at radius 3 is 2.36 bits per heavy atom. The molecule has 2 heterocycles. The summed E-state index contributed by atoms with van der Waals surface area (Å²) in [7, 11) is 0. The van der Waals surface area contributed by atoms with E-state index in [1.807, 2.05) is 33.8 Å². The highest BCUT2D eigenvalue weighted by molar-refractivity contribution is 5.97. The molecule has 0 bridgehead atoms. The fourth-order valence-corrected chi connectivity index (χ4v) is 4.73. The molecule has 0 radical (unpaired) electrons. The second kappa shape index (κ2) is 11.2.